The second-order valence-corrected chi connectivity index (χ2v) is 8.18. The largest absolute Gasteiger partial charge is 0.393 e. The zero-order valence-electron chi connectivity index (χ0n) is 14.5. The number of benzene rings is 1. The minimum absolute atomic E-state index is 0.156. The summed E-state index contributed by atoms with van der Waals surface area (Å²) in [6, 6.07) is 6.61. The maximum Gasteiger partial charge on any atom is 0.272 e. The molecule has 0 aliphatic carbocycles. The summed E-state index contributed by atoms with van der Waals surface area (Å²) in [5.74, 6) is -0.156. The Hall–Kier alpha value is -2.23. The van der Waals surface area contributed by atoms with Crippen LogP contribution in [0.4, 0.5) is 0 Å². The van der Waals surface area contributed by atoms with Crippen molar-refractivity contribution < 1.29 is 18.3 Å². The van der Waals surface area contributed by atoms with E-state index in [0.717, 1.165) is 11.1 Å². The van der Waals surface area contributed by atoms with Crippen LogP contribution in [0.5, 0.6) is 0 Å². The van der Waals surface area contributed by atoms with Gasteiger partial charge in [0.2, 0.25) is 10.0 Å². The van der Waals surface area contributed by atoms with Crippen LogP contribution in [0.1, 0.15) is 35.0 Å². The molecule has 0 unspecified atom stereocenters. The van der Waals surface area contributed by atoms with Gasteiger partial charge in [0.25, 0.3) is 5.91 Å². The number of fused-ring (bicyclic) bond motifs is 1. The summed E-state index contributed by atoms with van der Waals surface area (Å²) in [5.41, 5.74) is 2.28. The lowest BCUT2D eigenvalue weighted by Crippen LogP contribution is -2.36. The minimum Gasteiger partial charge on any atom is -0.393 e. The molecular formula is C17H22N4O4S. The van der Waals surface area contributed by atoms with E-state index in [1.165, 1.54) is 6.20 Å². The number of hydrogen-bond donors (Lipinski definition) is 3. The molecule has 140 valence electrons. The number of hydrogen-bond acceptors (Lipinski definition) is 5. The van der Waals surface area contributed by atoms with E-state index in [1.54, 1.807) is 36.1 Å². The topological polar surface area (TPSA) is 115 Å². The Kier molecular flexibility index (Phi) is 5.40. The molecule has 0 spiro atoms. The molecule has 0 saturated carbocycles. The lowest BCUT2D eigenvalue weighted by atomic mass is 9.99. The molecule has 3 rings (SSSR count). The van der Waals surface area contributed by atoms with Crippen molar-refractivity contribution in [3.05, 3.63) is 47.3 Å². The highest BCUT2D eigenvalue weighted by atomic mass is 32.2. The van der Waals surface area contributed by atoms with Gasteiger partial charge < -0.3 is 10.0 Å². The summed E-state index contributed by atoms with van der Waals surface area (Å²) in [5, 5.41) is 15.7. The van der Waals surface area contributed by atoms with Gasteiger partial charge in [0.1, 0.15) is 5.69 Å². The highest BCUT2D eigenvalue weighted by Gasteiger charge is 2.24. The molecular weight excluding hydrogens is 356 g/mol. The average Bonchev–Trinajstić information content (AvgIpc) is 3.14. The highest BCUT2D eigenvalue weighted by Crippen LogP contribution is 2.23. The first-order valence-electron chi connectivity index (χ1n) is 8.45. The van der Waals surface area contributed by atoms with Crippen molar-refractivity contribution in [1.82, 2.24) is 19.8 Å². The van der Waals surface area contributed by atoms with Gasteiger partial charge in [0.05, 0.1) is 11.0 Å². The van der Waals surface area contributed by atoms with Gasteiger partial charge in [0.15, 0.2) is 0 Å². The Balaban J connectivity index is 1.76. The van der Waals surface area contributed by atoms with Gasteiger partial charge in [-0.25, -0.2) is 13.1 Å². The van der Waals surface area contributed by atoms with Gasteiger partial charge in [-0.2, -0.15) is 5.10 Å². The van der Waals surface area contributed by atoms with E-state index < -0.39 is 16.1 Å². The fourth-order valence-electron chi connectivity index (χ4n) is 2.90. The first-order chi connectivity index (χ1) is 12.4. The molecule has 8 nitrogen and oxygen atoms in total. The lowest BCUT2D eigenvalue weighted by Gasteiger charge is -2.28. The Morgan fingerprint density at radius 2 is 2.19 bits per heavy atom. The summed E-state index contributed by atoms with van der Waals surface area (Å²) in [4.78, 5) is 14.3. The molecule has 1 aromatic carbocycles. The first-order valence-corrected chi connectivity index (χ1v) is 9.93. The Morgan fingerprint density at radius 3 is 2.88 bits per heavy atom. The number of aliphatic hydroxyl groups excluding tert-OH is 1. The number of nitrogens with zero attached hydrogens (tertiary/aromatic N) is 2. The molecule has 0 bridgehead atoms. The van der Waals surface area contributed by atoms with Crippen molar-refractivity contribution in [1.29, 1.82) is 0 Å². The number of H-pyrrole nitrogens is 1. The van der Waals surface area contributed by atoms with Gasteiger partial charge in [-0.05, 0) is 49.1 Å². The quantitative estimate of drug-likeness (QED) is 0.683. The molecule has 3 N–H and O–H groups in total. The number of rotatable bonds is 6. The van der Waals surface area contributed by atoms with Crippen LogP contribution in [0.25, 0.3) is 0 Å². The number of aliphatic hydroxyl groups is 1. The second kappa shape index (κ2) is 7.56. The van der Waals surface area contributed by atoms with Crippen LogP contribution >= 0.6 is 0 Å². The maximum atomic E-state index is 12.5. The summed E-state index contributed by atoms with van der Waals surface area (Å²) < 4.78 is 27.3. The molecule has 0 radical (unpaired) electrons. The predicted octanol–water partition coefficient (Wildman–Crippen LogP) is 0.657. The number of aromatic nitrogens is 2. The average molecular weight is 378 g/mol. The highest BCUT2D eigenvalue weighted by molar-refractivity contribution is 7.89. The SMILES string of the molecule is C[C@H](O)CCNS(=O)(=O)c1ccc2c(c1)CN(C(=O)c1ccn[nH]1)CC2. The zero-order valence-corrected chi connectivity index (χ0v) is 15.3. The monoisotopic (exact) mass is 378 g/mol. The number of aromatic amines is 1. The maximum absolute atomic E-state index is 12.5. The normalized spacial score (nSPS) is 15.5. The van der Waals surface area contributed by atoms with Crippen molar-refractivity contribution in [3.8, 4) is 0 Å². The summed E-state index contributed by atoms with van der Waals surface area (Å²) in [7, 11) is -3.65. The van der Waals surface area contributed by atoms with E-state index >= 15 is 0 Å². The standard InChI is InChI=1S/C17H22N4O4S/c1-12(22)4-8-19-26(24,25)15-3-2-13-6-9-21(11-14(13)10-15)17(23)16-5-7-18-20-16/h2-3,5,7,10,12,19,22H,4,6,8-9,11H2,1H3,(H,18,20)/t12-/m0/s1. The smallest absolute Gasteiger partial charge is 0.272 e. The fourth-order valence-corrected chi connectivity index (χ4v) is 4.00. The van der Waals surface area contributed by atoms with Gasteiger partial charge in [0, 0.05) is 25.8 Å². The number of carbonyl (C=O) groups excluding carboxylic acids is 1. The molecule has 1 amide bonds. The van der Waals surface area contributed by atoms with Crippen molar-refractivity contribution in [2.24, 2.45) is 0 Å². The number of sulfonamides is 1. The van der Waals surface area contributed by atoms with Crippen molar-refractivity contribution in [2.45, 2.75) is 37.3 Å². The summed E-state index contributed by atoms with van der Waals surface area (Å²) in [6.07, 6.45) is 1.97. The van der Waals surface area contributed by atoms with Crippen molar-refractivity contribution in [3.63, 3.8) is 0 Å². The molecule has 2 aromatic rings. The Morgan fingerprint density at radius 1 is 1.38 bits per heavy atom. The van der Waals surface area contributed by atoms with Gasteiger partial charge in [-0.1, -0.05) is 6.07 Å². The molecule has 1 aromatic heterocycles. The Bertz CT molecular complexity index is 878. The second-order valence-electron chi connectivity index (χ2n) is 6.41. The van der Waals surface area contributed by atoms with E-state index in [9.17, 15) is 18.3 Å². The molecule has 0 fully saturated rings. The van der Waals surface area contributed by atoms with Gasteiger partial charge in [-0.15, -0.1) is 0 Å². The van der Waals surface area contributed by atoms with Crippen molar-refractivity contribution >= 4 is 15.9 Å². The summed E-state index contributed by atoms with van der Waals surface area (Å²) >= 11 is 0. The molecule has 1 atom stereocenters. The predicted molar refractivity (Wildman–Crippen MR) is 95.0 cm³/mol. The molecule has 1 aliphatic rings. The fraction of sp³-hybridized carbons (Fsp3) is 0.412. The Labute approximate surface area is 152 Å². The van der Waals surface area contributed by atoms with E-state index in [-0.39, 0.29) is 17.3 Å². The van der Waals surface area contributed by atoms with Crippen LogP contribution < -0.4 is 4.72 Å². The van der Waals surface area contributed by atoms with Crippen LogP contribution in [0.2, 0.25) is 0 Å². The van der Waals surface area contributed by atoms with Gasteiger partial charge >= 0.3 is 0 Å². The van der Waals surface area contributed by atoms with E-state index in [2.05, 4.69) is 14.9 Å². The molecule has 1 aliphatic heterocycles. The van der Waals surface area contributed by atoms with Crippen LogP contribution in [0.15, 0.2) is 35.4 Å². The number of amides is 1. The van der Waals surface area contributed by atoms with Crippen LogP contribution in [0, 0.1) is 0 Å². The van der Waals surface area contributed by atoms with E-state index in [1.807, 2.05) is 0 Å². The van der Waals surface area contributed by atoms with E-state index in [0.29, 0.717) is 31.6 Å². The minimum atomic E-state index is -3.65. The molecule has 0 saturated heterocycles. The molecule has 26 heavy (non-hydrogen) atoms. The third-order valence-electron chi connectivity index (χ3n) is 4.37. The van der Waals surface area contributed by atoms with Crippen LogP contribution in [-0.4, -0.2) is 53.7 Å². The van der Waals surface area contributed by atoms with Crippen LogP contribution in [0.3, 0.4) is 0 Å². The number of nitrogens with one attached hydrogen (secondary N) is 2. The summed E-state index contributed by atoms with van der Waals surface area (Å²) in [6.45, 7) is 2.70. The van der Waals surface area contributed by atoms with E-state index in [4.69, 9.17) is 0 Å². The lowest BCUT2D eigenvalue weighted by molar-refractivity contribution is 0.0728. The number of carbonyl (C=O) groups is 1. The third kappa shape index (κ3) is 4.12. The zero-order chi connectivity index (χ0) is 18.7. The van der Waals surface area contributed by atoms with Crippen molar-refractivity contribution in [2.75, 3.05) is 13.1 Å². The van der Waals surface area contributed by atoms with Crippen LogP contribution in [-0.2, 0) is 23.0 Å². The molecule has 9 heteroatoms. The third-order valence-corrected chi connectivity index (χ3v) is 5.83. The molecule has 2 heterocycles. The van der Waals surface area contributed by atoms with Gasteiger partial charge in [-0.3, -0.25) is 9.89 Å². The first kappa shape index (κ1) is 18.6.